The van der Waals surface area contributed by atoms with Crippen LogP contribution in [-0.4, -0.2) is 46.3 Å². The molecule has 1 aliphatic rings. The minimum Gasteiger partial charge on any atom is -0.352 e. The van der Waals surface area contributed by atoms with Crippen LogP contribution >= 0.6 is 0 Å². The van der Waals surface area contributed by atoms with E-state index in [1.165, 1.54) is 4.68 Å². The molecule has 8 heteroatoms. The van der Waals surface area contributed by atoms with Gasteiger partial charge in [-0.05, 0) is 46.6 Å². The molecular weight excluding hydrogens is 333 g/mol. The number of carbonyl (C=O) groups is 1. The van der Waals surface area contributed by atoms with E-state index in [-0.39, 0.29) is 17.3 Å². The van der Waals surface area contributed by atoms with Gasteiger partial charge in [0.15, 0.2) is 5.69 Å². The van der Waals surface area contributed by atoms with Crippen molar-refractivity contribution in [3.63, 3.8) is 0 Å². The summed E-state index contributed by atoms with van der Waals surface area (Å²) in [5, 5.41) is 6.37. The van der Waals surface area contributed by atoms with Crippen LogP contribution < -0.4 is 5.32 Å². The molecule has 1 aromatic rings. The summed E-state index contributed by atoms with van der Waals surface area (Å²) < 4.78 is 41.7. The number of carbonyl (C=O) groups excluding carboxylic acids is 1. The lowest BCUT2D eigenvalue weighted by atomic mass is 10.0. The van der Waals surface area contributed by atoms with Crippen molar-refractivity contribution >= 4 is 5.91 Å². The van der Waals surface area contributed by atoms with Gasteiger partial charge in [0.2, 0.25) is 0 Å². The number of nitrogens with one attached hydrogen (secondary N) is 1. The van der Waals surface area contributed by atoms with E-state index in [1.807, 2.05) is 6.92 Å². The van der Waals surface area contributed by atoms with E-state index in [0.717, 1.165) is 19.4 Å². The number of halogens is 3. The van der Waals surface area contributed by atoms with Crippen molar-refractivity contribution in [2.75, 3.05) is 19.6 Å². The monoisotopic (exact) mass is 360 g/mol. The van der Waals surface area contributed by atoms with E-state index in [0.29, 0.717) is 25.6 Å². The molecule has 2 rings (SSSR count). The Labute approximate surface area is 146 Å². The van der Waals surface area contributed by atoms with Crippen LogP contribution in [-0.2, 0) is 6.18 Å². The van der Waals surface area contributed by atoms with E-state index in [1.54, 1.807) is 6.92 Å². The highest BCUT2D eigenvalue weighted by Crippen LogP contribution is 2.35. The zero-order chi connectivity index (χ0) is 18.8. The van der Waals surface area contributed by atoms with Crippen LogP contribution in [0.2, 0.25) is 0 Å². The standard InChI is InChI=1S/C17H27F3N4O/c1-5-8-21-16(25)14-12(4)24(22-15(14)17(18,19)20)13-7-6-9-23(10-13)11(2)3/h11,13H,5-10H2,1-4H3,(H,21,25). The van der Waals surface area contributed by atoms with Gasteiger partial charge in [0.1, 0.15) is 0 Å². The fourth-order valence-electron chi connectivity index (χ4n) is 3.32. The number of aromatic nitrogens is 2. The van der Waals surface area contributed by atoms with Gasteiger partial charge in [-0.15, -0.1) is 0 Å². The Morgan fingerprint density at radius 1 is 1.40 bits per heavy atom. The average molecular weight is 360 g/mol. The van der Waals surface area contributed by atoms with Crippen molar-refractivity contribution in [2.45, 2.75) is 65.2 Å². The van der Waals surface area contributed by atoms with Crippen LogP contribution in [0.4, 0.5) is 13.2 Å². The van der Waals surface area contributed by atoms with Crippen molar-refractivity contribution in [1.29, 1.82) is 0 Å². The Hall–Kier alpha value is -1.57. The van der Waals surface area contributed by atoms with Crippen LogP contribution in [0.15, 0.2) is 0 Å². The Morgan fingerprint density at radius 2 is 2.08 bits per heavy atom. The largest absolute Gasteiger partial charge is 0.435 e. The van der Waals surface area contributed by atoms with Crippen LogP contribution in [0, 0.1) is 6.92 Å². The van der Waals surface area contributed by atoms with E-state index < -0.39 is 17.8 Å². The molecule has 1 aromatic heterocycles. The fraction of sp³-hybridized carbons (Fsp3) is 0.765. The lowest BCUT2D eigenvalue weighted by Gasteiger charge is -2.35. The summed E-state index contributed by atoms with van der Waals surface area (Å²) in [6, 6.07) is 0.179. The van der Waals surface area contributed by atoms with Crippen molar-refractivity contribution in [3.8, 4) is 0 Å². The molecule has 0 radical (unpaired) electrons. The quantitative estimate of drug-likeness (QED) is 0.876. The number of hydrogen-bond donors (Lipinski definition) is 1. The molecular formula is C17H27F3N4O. The third kappa shape index (κ3) is 4.34. The fourth-order valence-corrected chi connectivity index (χ4v) is 3.32. The molecule has 0 spiro atoms. The molecule has 0 bridgehead atoms. The highest BCUT2D eigenvalue weighted by atomic mass is 19.4. The lowest BCUT2D eigenvalue weighted by Crippen LogP contribution is -2.41. The maximum Gasteiger partial charge on any atom is 0.435 e. The molecule has 142 valence electrons. The van der Waals surface area contributed by atoms with Crippen LogP contribution in [0.1, 0.15) is 67.8 Å². The molecule has 0 aromatic carbocycles. The number of piperidine rings is 1. The van der Waals surface area contributed by atoms with Gasteiger partial charge in [0.25, 0.3) is 5.91 Å². The van der Waals surface area contributed by atoms with Gasteiger partial charge in [-0.1, -0.05) is 6.92 Å². The van der Waals surface area contributed by atoms with Crippen molar-refractivity contribution in [3.05, 3.63) is 17.0 Å². The van der Waals surface area contributed by atoms with Crippen LogP contribution in [0.25, 0.3) is 0 Å². The first-order valence-electron chi connectivity index (χ1n) is 8.85. The Balaban J connectivity index is 2.39. The molecule has 1 unspecified atom stereocenters. The van der Waals surface area contributed by atoms with Crippen LogP contribution in [0.5, 0.6) is 0 Å². The molecule has 1 atom stereocenters. The van der Waals surface area contributed by atoms with E-state index in [4.69, 9.17) is 0 Å². The number of rotatable bonds is 5. The highest BCUT2D eigenvalue weighted by molar-refractivity contribution is 5.96. The summed E-state index contributed by atoms with van der Waals surface area (Å²) in [4.78, 5) is 14.5. The Kier molecular flexibility index (Phi) is 6.13. The lowest BCUT2D eigenvalue weighted by molar-refractivity contribution is -0.142. The summed E-state index contributed by atoms with van der Waals surface area (Å²) in [7, 11) is 0. The maximum atomic E-state index is 13.4. The molecule has 1 N–H and O–H groups in total. The molecule has 0 aliphatic carbocycles. The summed E-state index contributed by atoms with van der Waals surface area (Å²) in [6.45, 7) is 9.47. The van der Waals surface area contributed by atoms with Crippen LogP contribution in [0.3, 0.4) is 0 Å². The molecule has 5 nitrogen and oxygen atoms in total. The molecule has 2 heterocycles. The number of hydrogen-bond acceptors (Lipinski definition) is 3. The number of nitrogens with zero attached hydrogens (tertiary/aromatic N) is 3. The summed E-state index contributed by atoms with van der Waals surface area (Å²) in [6.07, 6.45) is -2.33. The highest BCUT2D eigenvalue weighted by Gasteiger charge is 2.41. The maximum absolute atomic E-state index is 13.4. The average Bonchev–Trinajstić information content (AvgIpc) is 2.90. The smallest absolute Gasteiger partial charge is 0.352 e. The number of amides is 1. The second-order valence-corrected chi connectivity index (χ2v) is 6.89. The second kappa shape index (κ2) is 7.76. The second-order valence-electron chi connectivity index (χ2n) is 6.89. The zero-order valence-corrected chi connectivity index (χ0v) is 15.3. The molecule has 25 heavy (non-hydrogen) atoms. The molecule has 0 saturated carbocycles. The summed E-state index contributed by atoms with van der Waals surface area (Å²) >= 11 is 0. The number of alkyl halides is 3. The Morgan fingerprint density at radius 3 is 2.64 bits per heavy atom. The van der Waals surface area contributed by atoms with Gasteiger partial charge in [-0.25, -0.2) is 0 Å². The van der Waals surface area contributed by atoms with E-state index in [2.05, 4.69) is 29.2 Å². The van der Waals surface area contributed by atoms with Crippen molar-refractivity contribution in [2.24, 2.45) is 0 Å². The van der Waals surface area contributed by atoms with E-state index >= 15 is 0 Å². The summed E-state index contributed by atoms with van der Waals surface area (Å²) in [5.41, 5.74) is -1.14. The third-order valence-electron chi connectivity index (χ3n) is 4.69. The molecule has 1 aliphatic heterocycles. The van der Waals surface area contributed by atoms with Gasteiger partial charge < -0.3 is 5.32 Å². The van der Waals surface area contributed by atoms with Gasteiger partial charge in [-0.2, -0.15) is 18.3 Å². The SMILES string of the molecule is CCCNC(=O)c1c(C(F)(F)F)nn(C2CCCN(C(C)C)C2)c1C. The normalized spacial score (nSPS) is 19.4. The first kappa shape index (κ1) is 19.8. The minimum atomic E-state index is -4.65. The predicted octanol–water partition coefficient (Wildman–Crippen LogP) is 3.40. The minimum absolute atomic E-state index is 0.148. The van der Waals surface area contributed by atoms with Crippen molar-refractivity contribution < 1.29 is 18.0 Å². The van der Waals surface area contributed by atoms with Gasteiger partial charge >= 0.3 is 6.18 Å². The molecule has 1 amide bonds. The topological polar surface area (TPSA) is 50.2 Å². The first-order valence-corrected chi connectivity index (χ1v) is 8.85. The van der Waals surface area contributed by atoms with Gasteiger partial charge in [0.05, 0.1) is 11.6 Å². The summed E-state index contributed by atoms with van der Waals surface area (Å²) in [5.74, 6) is -0.700. The van der Waals surface area contributed by atoms with Crippen molar-refractivity contribution in [1.82, 2.24) is 20.0 Å². The molecule has 1 fully saturated rings. The molecule has 1 saturated heterocycles. The Bertz CT molecular complexity index is 610. The van der Waals surface area contributed by atoms with Gasteiger partial charge in [0, 0.05) is 24.8 Å². The number of likely N-dealkylation sites (tertiary alicyclic amines) is 1. The third-order valence-corrected chi connectivity index (χ3v) is 4.69. The zero-order valence-electron chi connectivity index (χ0n) is 15.3. The van der Waals surface area contributed by atoms with Gasteiger partial charge in [-0.3, -0.25) is 14.4 Å². The first-order chi connectivity index (χ1) is 11.7. The van der Waals surface area contributed by atoms with E-state index in [9.17, 15) is 18.0 Å². The predicted molar refractivity (Wildman–Crippen MR) is 89.6 cm³/mol.